The highest BCUT2D eigenvalue weighted by Gasteiger charge is 2.55. The maximum absolute atomic E-state index is 11.8. The van der Waals surface area contributed by atoms with E-state index < -0.39 is 5.97 Å². The first-order chi connectivity index (χ1) is 12.1. The Hall–Kier alpha value is -2.08. The number of ether oxygens (including phenoxy) is 2. The van der Waals surface area contributed by atoms with Crippen LogP contribution in [0.2, 0.25) is 5.15 Å². The molecule has 0 amide bonds. The van der Waals surface area contributed by atoms with Gasteiger partial charge in [-0.3, -0.25) is 0 Å². The van der Waals surface area contributed by atoms with Crippen LogP contribution in [0.5, 0.6) is 5.88 Å². The van der Waals surface area contributed by atoms with Crippen LogP contribution in [0.1, 0.15) is 43.0 Å². The third-order valence-corrected chi connectivity index (χ3v) is 5.60. The first kappa shape index (κ1) is 16.4. The lowest BCUT2D eigenvalue weighted by atomic mass is 9.71. The second-order valence-corrected chi connectivity index (χ2v) is 7.09. The summed E-state index contributed by atoms with van der Waals surface area (Å²) in [4.78, 5) is 16.0. The minimum atomic E-state index is -0.481. The van der Waals surface area contributed by atoms with E-state index >= 15 is 0 Å². The van der Waals surface area contributed by atoms with Gasteiger partial charge in [0.25, 0.3) is 0 Å². The Morgan fingerprint density at radius 1 is 1.36 bits per heavy atom. The van der Waals surface area contributed by atoms with Gasteiger partial charge in [0.2, 0.25) is 5.88 Å². The Balaban J connectivity index is 1.42. The minimum absolute atomic E-state index is 0.0964. The lowest BCUT2D eigenvalue weighted by Crippen LogP contribution is -2.32. The Morgan fingerprint density at radius 3 is 2.84 bits per heavy atom. The normalized spacial score (nSPS) is 20.2. The van der Waals surface area contributed by atoms with Crippen molar-refractivity contribution in [2.24, 2.45) is 11.3 Å². The van der Waals surface area contributed by atoms with Gasteiger partial charge in [0.15, 0.2) is 5.82 Å². The zero-order valence-electron chi connectivity index (χ0n) is 14.1. The van der Waals surface area contributed by atoms with E-state index in [1.165, 1.54) is 25.7 Å². The first-order valence-corrected chi connectivity index (χ1v) is 9.01. The highest BCUT2D eigenvalue weighted by molar-refractivity contribution is 6.32. The van der Waals surface area contributed by atoms with Crippen molar-refractivity contribution in [3.05, 3.63) is 35.1 Å². The van der Waals surface area contributed by atoms with Crippen molar-refractivity contribution in [1.29, 1.82) is 0 Å². The fourth-order valence-corrected chi connectivity index (χ4v) is 3.67. The summed E-state index contributed by atoms with van der Waals surface area (Å²) in [6.07, 6.45) is 7.08. The molecule has 4 rings (SSSR count). The SMILES string of the molecule is CCOC(=O)c1ccc(-n2ccc(OCC3CCC34CC4)n2)nc1Cl. The largest absolute Gasteiger partial charge is 0.476 e. The number of pyridine rings is 1. The second-order valence-electron chi connectivity index (χ2n) is 6.74. The van der Waals surface area contributed by atoms with Gasteiger partial charge in [-0.05, 0) is 56.1 Å². The molecule has 0 aliphatic heterocycles. The Kier molecular flexibility index (Phi) is 4.15. The number of carbonyl (C=O) groups is 1. The van der Waals surface area contributed by atoms with Crippen LogP contribution in [0.15, 0.2) is 24.4 Å². The van der Waals surface area contributed by atoms with Crippen LogP contribution in [0, 0.1) is 11.3 Å². The molecule has 0 N–H and O–H groups in total. The van der Waals surface area contributed by atoms with E-state index in [4.69, 9.17) is 21.1 Å². The van der Waals surface area contributed by atoms with Crippen LogP contribution in [0.25, 0.3) is 5.82 Å². The highest BCUT2D eigenvalue weighted by atomic mass is 35.5. The quantitative estimate of drug-likeness (QED) is 0.580. The van der Waals surface area contributed by atoms with Gasteiger partial charge < -0.3 is 9.47 Å². The number of rotatable bonds is 6. The number of aromatic nitrogens is 3. The van der Waals surface area contributed by atoms with Crippen LogP contribution >= 0.6 is 11.6 Å². The molecule has 2 aliphatic carbocycles. The fourth-order valence-electron chi connectivity index (χ4n) is 3.45. The molecule has 2 aliphatic rings. The van der Waals surface area contributed by atoms with Gasteiger partial charge >= 0.3 is 5.97 Å². The zero-order valence-corrected chi connectivity index (χ0v) is 14.8. The maximum Gasteiger partial charge on any atom is 0.341 e. The first-order valence-electron chi connectivity index (χ1n) is 8.64. The summed E-state index contributed by atoms with van der Waals surface area (Å²) in [6, 6.07) is 5.09. The van der Waals surface area contributed by atoms with Crippen molar-refractivity contribution in [2.75, 3.05) is 13.2 Å². The van der Waals surface area contributed by atoms with Crippen LogP contribution in [-0.4, -0.2) is 33.9 Å². The molecule has 0 aromatic carbocycles. The van der Waals surface area contributed by atoms with E-state index in [0.717, 1.165) is 6.61 Å². The van der Waals surface area contributed by atoms with Gasteiger partial charge in [-0.25, -0.2) is 14.5 Å². The van der Waals surface area contributed by atoms with Gasteiger partial charge in [-0.15, -0.1) is 5.10 Å². The van der Waals surface area contributed by atoms with E-state index in [1.54, 1.807) is 29.9 Å². The number of esters is 1. The molecule has 2 aromatic rings. The third kappa shape index (κ3) is 3.11. The summed E-state index contributed by atoms with van der Waals surface area (Å²) < 4.78 is 12.4. The molecule has 2 aromatic heterocycles. The Bertz CT molecular complexity index is 801. The summed E-state index contributed by atoms with van der Waals surface area (Å²) in [6.45, 7) is 2.76. The molecular weight excluding hydrogens is 342 g/mol. The molecule has 1 atom stereocenters. The van der Waals surface area contributed by atoms with Crippen molar-refractivity contribution in [3.8, 4) is 11.7 Å². The van der Waals surface area contributed by atoms with Crippen molar-refractivity contribution in [1.82, 2.24) is 14.8 Å². The Morgan fingerprint density at radius 2 is 2.20 bits per heavy atom. The lowest BCUT2D eigenvalue weighted by Gasteiger charge is -2.36. The predicted molar refractivity (Wildman–Crippen MR) is 92.2 cm³/mol. The monoisotopic (exact) mass is 361 g/mol. The molecule has 0 saturated heterocycles. The summed E-state index contributed by atoms with van der Waals surface area (Å²) in [5.74, 6) is 1.30. The minimum Gasteiger partial charge on any atom is -0.476 e. The molecule has 7 heteroatoms. The Labute approximate surface area is 151 Å². The maximum atomic E-state index is 11.8. The van der Waals surface area contributed by atoms with Crippen LogP contribution < -0.4 is 4.74 Å². The van der Waals surface area contributed by atoms with Gasteiger partial charge in [-0.2, -0.15) is 0 Å². The van der Waals surface area contributed by atoms with E-state index in [9.17, 15) is 4.79 Å². The van der Waals surface area contributed by atoms with Crippen molar-refractivity contribution in [2.45, 2.75) is 32.6 Å². The smallest absolute Gasteiger partial charge is 0.341 e. The molecule has 0 bridgehead atoms. The molecule has 2 heterocycles. The second kappa shape index (κ2) is 6.33. The average molecular weight is 362 g/mol. The average Bonchev–Trinajstić information content (AvgIpc) is 3.29. The molecule has 2 saturated carbocycles. The number of halogens is 1. The lowest BCUT2D eigenvalue weighted by molar-refractivity contribution is 0.0526. The molecule has 1 spiro atoms. The molecule has 132 valence electrons. The highest BCUT2D eigenvalue weighted by Crippen LogP contribution is 2.64. The molecule has 6 nitrogen and oxygen atoms in total. The molecular formula is C18H20ClN3O3. The van der Waals surface area contributed by atoms with Gasteiger partial charge in [-0.1, -0.05) is 11.6 Å². The van der Waals surface area contributed by atoms with Crippen LogP contribution in [0.4, 0.5) is 0 Å². The van der Waals surface area contributed by atoms with E-state index in [1.807, 2.05) is 6.07 Å². The molecule has 0 radical (unpaired) electrons. The topological polar surface area (TPSA) is 66.2 Å². The summed E-state index contributed by atoms with van der Waals surface area (Å²) in [5.41, 5.74) is 0.844. The number of hydrogen-bond acceptors (Lipinski definition) is 5. The van der Waals surface area contributed by atoms with Crippen molar-refractivity contribution in [3.63, 3.8) is 0 Å². The predicted octanol–water partition coefficient (Wildman–Crippen LogP) is 3.67. The number of nitrogens with zero attached hydrogens (tertiary/aromatic N) is 3. The third-order valence-electron chi connectivity index (χ3n) is 5.31. The fraction of sp³-hybridized carbons (Fsp3) is 0.500. The number of carbonyl (C=O) groups excluding carboxylic acids is 1. The van der Waals surface area contributed by atoms with Crippen molar-refractivity contribution >= 4 is 17.6 Å². The van der Waals surface area contributed by atoms with E-state index in [2.05, 4.69) is 10.1 Å². The molecule has 1 unspecified atom stereocenters. The van der Waals surface area contributed by atoms with Gasteiger partial charge in [0.05, 0.1) is 18.8 Å². The van der Waals surface area contributed by atoms with Gasteiger partial charge in [0.1, 0.15) is 5.15 Å². The number of hydrogen-bond donors (Lipinski definition) is 0. The van der Waals surface area contributed by atoms with E-state index in [-0.39, 0.29) is 10.7 Å². The standard InChI is InChI=1S/C18H20ClN3O3/c1-2-24-17(23)13-3-4-14(20-16(13)19)22-10-6-15(21-22)25-11-12-5-7-18(12)8-9-18/h3-4,6,10,12H,2,5,7-9,11H2,1H3. The van der Waals surface area contributed by atoms with Crippen LogP contribution in [0.3, 0.4) is 0 Å². The van der Waals surface area contributed by atoms with Crippen LogP contribution in [-0.2, 0) is 4.74 Å². The molecule has 25 heavy (non-hydrogen) atoms. The summed E-state index contributed by atoms with van der Waals surface area (Å²) >= 11 is 6.10. The van der Waals surface area contributed by atoms with E-state index in [0.29, 0.717) is 29.6 Å². The molecule has 2 fully saturated rings. The van der Waals surface area contributed by atoms with Gasteiger partial charge in [0, 0.05) is 12.3 Å². The summed E-state index contributed by atoms with van der Waals surface area (Å²) in [5, 5.41) is 4.48. The summed E-state index contributed by atoms with van der Waals surface area (Å²) in [7, 11) is 0. The zero-order chi connectivity index (χ0) is 17.4. The van der Waals surface area contributed by atoms with Crippen molar-refractivity contribution < 1.29 is 14.3 Å².